The van der Waals surface area contributed by atoms with Crippen molar-refractivity contribution < 1.29 is 0 Å². The number of hydrogen-bond donors (Lipinski definition) is 0. The van der Waals surface area contributed by atoms with Crippen LogP contribution in [0, 0.1) is 13.8 Å². The Morgan fingerprint density at radius 3 is 1.71 bits per heavy atom. The van der Waals surface area contributed by atoms with Crippen molar-refractivity contribution in [1.82, 2.24) is 0 Å². The molecule has 0 saturated heterocycles. The van der Waals surface area contributed by atoms with Crippen molar-refractivity contribution in [2.45, 2.75) is 13.8 Å². The lowest BCUT2D eigenvalue weighted by Crippen LogP contribution is -2.61. The molecule has 0 fully saturated rings. The summed E-state index contributed by atoms with van der Waals surface area (Å²) < 4.78 is 0. The highest BCUT2D eigenvalue weighted by molar-refractivity contribution is 7.00. The van der Waals surface area contributed by atoms with Gasteiger partial charge in [0.25, 0.3) is 6.71 Å². The topological polar surface area (TPSA) is 6.48 Å². The van der Waals surface area contributed by atoms with Crippen LogP contribution in [0.2, 0.25) is 0 Å². The summed E-state index contributed by atoms with van der Waals surface area (Å²) in [6.07, 6.45) is 0. The molecule has 3 heteroatoms. The summed E-state index contributed by atoms with van der Waals surface area (Å²) in [4.78, 5) is 4.98. The second-order valence-corrected chi connectivity index (χ2v) is 11.1. The Kier molecular flexibility index (Phi) is 5.40. The number of benzene rings is 6. The fourth-order valence-corrected chi connectivity index (χ4v) is 6.81. The van der Waals surface area contributed by atoms with E-state index in [0.717, 1.165) is 0 Å². The van der Waals surface area contributed by atoms with Crippen LogP contribution in [-0.4, -0.2) is 6.71 Å². The van der Waals surface area contributed by atoms with E-state index in [9.17, 15) is 0 Å². The van der Waals surface area contributed by atoms with Crippen LogP contribution in [0.4, 0.5) is 34.1 Å². The van der Waals surface area contributed by atoms with E-state index in [2.05, 4.69) is 163 Å². The van der Waals surface area contributed by atoms with Gasteiger partial charge in [0.2, 0.25) is 0 Å². The van der Waals surface area contributed by atoms with Gasteiger partial charge in [-0.3, -0.25) is 0 Å². The van der Waals surface area contributed by atoms with E-state index in [-0.39, 0.29) is 6.71 Å². The number of para-hydroxylation sites is 3. The van der Waals surface area contributed by atoms with Crippen molar-refractivity contribution in [2.24, 2.45) is 0 Å². The first-order valence-electron chi connectivity index (χ1n) is 14.3. The first kappa shape index (κ1) is 23.8. The summed E-state index contributed by atoms with van der Waals surface area (Å²) in [5.74, 6) is 0. The zero-order valence-corrected chi connectivity index (χ0v) is 23.3. The van der Waals surface area contributed by atoms with Gasteiger partial charge in [0, 0.05) is 34.1 Å². The quantitative estimate of drug-likeness (QED) is 0.216. The molecular formula is C38H29BN2. The number of nitrogens with zero attached hydrogens (tertiary/aromatic N) is 2. The number of hydrogen-bond acceptors (Lipinski definition) is 2. The number of rotatable bonds is 3. The van der Waals surface area contributed by atoms with Crippen LogP contribution in [-0.2, 0) is 0 Å². The second kappa shape index (κ2) is 9.28. The minimum atomic E-state index is 0.138. The molecule has 0 N–H and O–H groups in total. The molecule has 0 radical (unpaired) electrons. The highest BCUT2D eigenvalue weighted by Crippen LogP contribution is 2.46. The third kappa shape index (κ3) is 3.66. The highest BCUT2D eigenvalue weighted by Gasteiger charge is 2.43. The Hall–Kier alpha value is -5.02. The lowest BCUT2D eigenvalue weighted by molar-refractivity contribution is 1.23. The summed E-state index contributed by atoms with van der Waals surface area (Å²) in [6.45, 7) is 4.53. The fraction of sp³-hybridized carbons (Fsp3) is 0.0526. The molecule has 194 valence electrons. The van der Waals surface area contributed by atoms with E-state index < -0.39 is 0 Å². The van der Waals surface area contributed by atoms with Crippen LogP contribution in [0.5, 0.6) is 0 Å². The van der Waals surface area contributed by atoms with Crippen LogP contribution >= 0.6 is 0 Å². The Labute approximate surface area is 242 Å². The smallest absolute Gasteiger partial charge is 0.252 e. The first-order valence-corrected chi connectivity index (χ1v) is 14.3. The molecule has 6 aromatic rings. The van der Waals surface area contributed by atoms with Crippen molar-refractivity contribution >= 4 is 57.2 Å². The monoisotopic (exact) mass is 524 g/mol. The van der Waals surface area contributed by atoms with Gasteiger partial charge in [-0.25, -0.2) is 0 Å². The summed E-state index contributed by atoms with van der Waals surface area (Å²) in [6, 6.07) is 51.2. The number of fused-ring (bicyclic) bond motifs is 4. The summed E-state index contributed by atoms with van der Waals surface area (Å²) in [5.41, 5.74) is 16.3. The average Bonchev–Trinajstić information content (AvgIpc) is 3.01. The van der Waals surface area contributed by atoms with E-state index in [1.807, 2.05) is 0 Å². The predicted molar refractivity (Wildman–Crippen MR) is 175 cm³/mol. The van der Waals surface area contributed by atoms with Gasteiger partial charge in [0.15, 0.2) is 0 Å². The van der Waals surface area contributed by atoms with Gasteiger partial charge in [0.05, 0.1) is 0 Å². The largest absolute Gasteiger partial charge is 0.311 e. The Bertz CT molecular complexity index is 1940. The minimum absolute atomic E-state index is 0.138. The molecule has 0 unspecified atom stereocenters. The molecule has 0 atom stereocenters. The third-order valence-electron chi connectivity index (χ3n) is 8.61. The van der Waals surface area contributed by atoms with Gasteiger partial charge >= 0.3 is 0 Å². The SMILES string of the molecule is Cc1cccc(N2c3ccccc3B3c4ccccc4N(c4ccccc4C)c4cc(-c5ccccc5)cc2c43)c1. The van der Waals surface area contributed by atoms with Crippen molar-refractivity contribution in [2.75, 3.05) is 9.80 Å². The Morgan fingerprint density at radius 1 is 0.439 bits per heavy atom. The molecule has 2 heterocycles. The number of anilines is 6. The molecular weight excluding hydrogens is 495 g/mol. The minimum Gasteiger partial charge on any atom is -0.311 e. The molecule has 0 aliphatic carbocycles. The van der Waals surface area contributed by atoms with Crippen molar-refractivity contribution in [1.29, 1.82) is 0 Å². The summed E-state index contributed by atoms with van der Waals surface area (Å²) in [5, 5.41) is 0. The Balaban J connectivity index is 1.52. The predicted octanol–water partition coefficient (Wildman–Crippen LogP) is 8.05. The molecule has 6 aromatic carbocycles. The second-order valence-electron chi connectivity index (χ2n) is 11.1. The van der Waals surface area contributed by atoms with Gasteiger partial charge < -0.3 is 9.80 Å². The zero-order chi connectivity index (χ0) is 27.5. The maximum Gasteiger partial charge on any atom is 0.252 e. The average molecular weight is 524 g/mol. The van der Waals surface area contributed by atoms with Crippen molar-refractivity contribution in [3.8, 4) is 11.1 Å². The molecule has 41 heavy (non-hydrogen) atoms. The van der Waals surface area contributed by atoms with Gasteiger partial charge in [-0.2, -0.15) is 0 Å². The van der Waals surface area contributed by atoms with Crippen molar-refractivity contribution in [3.05, 3.63) is 151 Å². The van der Waals surface area contributed by atoms with E-state index in [1.165, 1.54) is 72.8 Å². The molecule has 0 saturated carbocycles. The summed E-state index contributed by atoms with van der Waals surface area (Å²) in [7, 11) is 0. The first-order chi connectivity index (χ1) is 20.2. The lowest BCUT2D eigenvalue weighted by atomic mass is 9.33. The number of aryl methyl sites for hydroxylation is 2. The molecule has 0 spiro atoms. The van der Waals surface area contributed by atoms with Crippen LogP contribution in [0.1, 0.15) is 11.1 Å². The highest BCUT2D eigenvalue weighted by atomic mass is 15.2. The maximum atomic E-state index is 2.49. The van der Waals surface area contributed by atoms with Crippen LogP contribution in [0.15, 0.2) is 140 Å². The fourth-order valence-electron chi connectivity index (χ4n) is 6.81. The van der Waals surface area contributed by atoms with E-state index in [4.69, 9.17) is 0 Å². The molecule has 2 aliphatic heterocycles. The van der Waals surface area contributed by atoms with Gasteiger partial charge in [0.1, 0.15) is 0 Å². The summed E-state index contributed by atoms with van der Waals surface area (Å²) >= 11 is 0. The molecule has 0 bridgehead atoms. The molecule has 2 nitrogen and oxygen atoms in total. The normalized spacial score (nSPS) is 13.0. The molecule has 2 aliphatic rings. The third-order valence-corrected chi connectivity index (χ3v) is 8.61. The van der Waals surface area contributed by atoms with Gasteiger partial charge in [-0.05, 0) is 95.0 Å². The molecule has 0 aromatic heterocycles. The zero-order valence-electron chi connectivity index (χ0n) is 23.3. The standard InChI is InChI=1S/C38H29BN2/c1-26-13-12-17-30(23-26)40-34-21-10-7-18-31(34)39-32-19-8-11-22-35(32)41(33-20-9-6-14-27(33)2)37-25-29(24-36(40)38(37)39)28-15-4-3-5-16-28/h3-25H,1-2H3. The maximum absolute atomic E-state index is 2.49. The molecule has 0 amide bonds. The van der Waals surface area contributed by atoms with Crippen LogP contribution < -0.4 is 26.2 Å². The Morgan fingerprint density at radius 2 is 1.02 bits per heavy atom. The van der Waals surface area contributed by atoms with Crippen LogP contribution in [0.25, 0.3) is 11.1 Å². The lowest BCUT2D eigenvalue weighted by Gasteiger charge is -2.44. The van der Waals surface area contributed by atoms with E-state index in [0.29, 0.717) is 0 Å². The molecule has 8 rings (SSSR count). The van der Waals surface area contributed by atoms with E-state index in [1.54, 1.807) is 0 Å². The van der Waals surface area contributed by atoms with Gasteiger partial charge in [-0.15, -0.1) is 0 Å². The van der Waals surface area contributed by atoms with E-state index >= 15 is 0 Å². The van der Waals surface area contributed by atoms with Crippen molar-refractivity contribution in [3.63, 3.8) is 0 Å². The van der Waals surface area contributed by atoms with Crippen LogP contribution in [0.3, 0.4) is 0 Å². The van der Waals surface area contributed by atoms with Gasteiger partial charge in [-0.1, -0.05) is 97.1 Å².